The third kappa shape index (κ3) is 2.69. The predicted molar refractivity (Wildman–Crippen MR) is 101 cm³/mol. The fraction of sp³-hybridized carbons (Fsp3) is 0.263. The fourth-order valence-corrected chi connectivity index (χ4v) is 4.23. The number of β-amino-alcohol motifs (C(OH)–C–C–N with tert-alkyl or cyclic N) is 1. The lowest BCUT2D eigenvalue weighted by Gasteiger charge is -2.35. The Morgan fingerprint density at radius 3 is 3.00 bits per heavy atom. The predicted octanol–water partition coefficient (Wildman–Crippen LogP) is 2.66. The summed E-state index contributed by atoms with van der Waals surface area (Å²) in [5.74, 6) is 0.731. The van der Waals surface area contributed by atoms with Gasteiger partial charge in [0.2, 0.25) is 0 Å². The lowest BCUT2D eigenvalue weighted by atomic mass is 10.1. The van der Waals surface area contributed by atoms with Crippen molar-refractivity contribution in [2.24, 2.45) is 0 Å². The van der Waals surface area contributed by atoms with Crippen molar-refractivity contribution in [3.05, 3.63) is 47.5 Å². The van der Waals surface area contributed by atoms with Crippen LogP contribution in [0.4, 0.5) is 10.8 Å². The molecule has 2 aromatic carbocycles. The zero-order valence-electron chi connectivity index (χ0n) is 13.9. The highest BCUT2D eigenvalue weighted by Gasteiger charge is 2.27. The average molecular weight is 367 g/mol. The second-order valence-electron chi connectivity index (χ2n) is 6.61. The van der Waals surface area contributed by atoms with Gasteiger partial charge < -0.3 is 20.1 Å². The van der Waals surface area contributed by atoms with Gasteiger partial charge in [0.25, 0.3) is 5.91 Å². The van der Waals surface area contributed by atoms with Crippen molar-refractivity contribution in [3.63, 3.8) is 0 Å². The zero-order chi connectivity index (χ0) is 17.7. The normalized spacial score (nSPS) is 16.3. The van der Waals surface area contributed by atoms with E-state index in [1.54, 1.807) is 17.4 Å². The molecule has 0 bridgehead atoms. The van der Waals surface area contributed by atoms with Crippen molar-refractivity contribution in [2.45, 2.75) is 12.5 Å². The van der Waals surface area contributed by atoms with Crippen molar-refractivity contribution in [3.8, 4) is 5.75 Å². The van der Waals surface area contributed by atoms with E-state index in [1.165, 1.54) is 0 Å². The number of nitrogens with zero attached hydrogens (tertiary/aromatic N) is 2. The minimum Gasteiger partial charge on any atom is -0.493 e. The van der Waals surface area contributed by atoms with Gasteiger partial charge in [-0.05, 0) is 42.0 Å². The topological polar surface area (TPSA) is 74.7 Å². The first-order valence-electron chi connectivity index (χ1n) is 8.56. The number of benzene rings is 2. The molecule has 3 aromatic rings. The Morgan fingerprint density at radius 1 is 1.27 bits per heavy atom. The van der Waals surface area contributed by atoms with Crippen LogP contribution in [0.3, 0.4) is 0 Å². The lowest BCUT2D eigenvalue weighted by molar-refractivity contribution is 0.102. The summed E-state index contributed by atoms with van der Waals surface area (Å²) < 4.78 is 6.55. The molecule has 0 atom stereocenters. The highest BCUT2D eigenvalue weighted by Crippen LogP contribution is 2.33. The van der Waals surface area contributed by atoms with Crippen LogP contribution in [0.25, 0.3) is 10.2 Å². The van der Waals surface area contributed by atoms with E-state index in [-0.39, 0.29) is 12.0 Å². The maximum Gasteiger partial charge on any atom is 0.255 e. The van der Waals surface area contributed by atoms with E-state index >= 15 is 0 Å². The quantitative estimate of drug-likeness (QED) is 0.744. The summed E-state index contributed by atoms with van der Waals surface area (Å²) in [6.07, 6.45) is 0.587. The van der Waals surface area contributed by atoms with E-state index in [2.05, 4.69) is 15.2 Å². The van der Waals surface area contributed by atoms with E-state index < -0.39 is 0 Å². The minimum absolute atomic E-state index is 0.139. The van der Waals surface area contributed by atoms with Crippen LogP contribution in [0.15, 0.2) is 36.4 Å². The highest BCUT2D eigenvalue weighted by molar-refractivity contribution is 7.22. The van der Waals surface area contributed by atoms with Crippen molar-refractivity contribution < 1.29 is 14.6 Å². The second-order valence-corrected chi connectivity index (χ2v) is 7.62. The summed E-state index contributed by atoms with van der Waals surface area (Å²) in [6.45, 7) is 1.94. The van der Waals surface area contributed by atoms with Crippen LogP contribution < -0.4 is 15.0 Å². The summed E-state index contributed by atoms with van der Waals surface area (Å²) in [6, 6.07) is 11.3. The number of carbonyl (C=O) groups excluding carboxylic acids is 1. The molecule has 7 heteroatoms. The molecule has 2 aliphatic rings. The maximum absolute atomic E-state index is 12.5. The Hall–Kier alpha value is -2.64. The zero-order valence-corrected chi connectivity index (χ0v) is 14.8. The largest absolute Gasteiger partial charge is 0.493 e. The molecular weight excluding hydrogens is 350 g/mol. The van der Waals surface area contributed by atoms with Crippen LogP contribution in [-0.2, 0) is 6.42 Å². The molecule has 6 nitrogen and oxygen atoms in total. The summed E-state index contributed by atoms with van der Waals surface area (Å²) in [5, 5.41) is 13.3. The average Bonchev–Trinajstić information content (AvgIpc) is 3.24. The number of amides is 1. The number of ether oxygens (including phenoxy) is 1. The first kappa shape index (κ1) is 15.6. The van der Waals surface area contributed by atoms with Gasteiger partial charge in [-0.2, -0.15) is 0 Å². The van der Waals surface area contributed by atoms with Crippen molar-refractivity contribution in [1.82, 2.24) is 4.98 Å². The third-order valence-corrected chi connectivity index (χ3v) is 5.82. The molecule has 1 aromatic heterocycles. The van der Waals surface area contributed by atoms with E-state index in [0.717, 1.165) is 38.8 Å². The molecule has 2 aliphatic heterocycles. The van der Waals surface area contributed by atoms with Crippen LogP contribution in [0, 0.1) is 0 Å². The second kappa shape index (κ2) is 5.96. The number of rotatable bonds is 3. The Kier molecular flexibility index (Phi) is 3.58. The van der Waals surface area contributed by atoms with Gasteiger partial charge in [0.05, 0.1) is 22.9 Å². The number of anilines is 2. The number of carbonyl (C=O) groups is 1. The van der Waals surface area contributed by atoms with Crippen LogP contribution >= 0.6 is 11.3 Å². The third-order valence-electron chi connectivity index (χ3n) is 4.72. The molecule has 2 N–H and O–H groups in total. The highest BCUT2D eigenvalue weighted by atomic mass is 32.1. The molecule has 1 amide bonds. The van der Waals surface area contributed by atoms with Crippen LogP contribution in [0.5, 0.6) is 5.75 Å². The molecular formula is C19H17N3O3S. The van der Waals surface area contributed by atoms with E-state index in [4.69, 9.17) is 4.74 Å². The van der Waals surface area contributed by atoms with Gasteiger partial charge in [0, 0.05) is 30.8 Å². The Morgan fingerprint density at radius 2 is 2.15 bits per heavy atom. The number of aliphatic hydroxyl groups is 1. The Labute approximate surface area is 154 Å². The van der Waals surface area contributed by atoms with E-state index in [0.29, 0.717) is 25.3 Å². The summed E-state index contributed by atoms with van der Waals surface area (Å²) in [7, 11) is 0. The molecule has 0 saturated carbocycles. The number of aromatic nitrogens is 1. The number of hydrogen-bond donors (Lipinski definition) is 2. The van der Waals surface area contributed by atoms with Crippen LogP contribution in [-0.4, -0.2) is 41.8 Å². The molecule has 0 unspecified atom stereocenters. The molecule has 26 heavy (non-hydrogen) atoms. The van der Waals surface area contributed by atoms with E-state index in [9.17, 15) is 9.90 Å². The van der Waals surface area contributed by atoms with E-state index in [1.807, 2.05) is 30.3 Å². The van der Waals surface area contributed by atoms with Gasteiger partial charge in [-0.25, -0.2) is 4.98 Å². The van der Waals surface area contributed by atoms with Crippen molar-refractivity contribution >= 4 is 38.3 Å². The van der Waals surface area contributed by atoms with Gasteiger partial charge >= 0.3 is 0 Å². The van der Waals surface area contributed by atoms with Crippen LogP contribution in [0.2, 0.25) is 0 Å². The minimum atomic E-state index is -0.255. The molecule has 0 spiro atoms. The number of fused-ring (bicyclic) bond motifs is 2. The molecule has 0 radical (unpaired) electrons. The van der Waals surface area contributed by atoms with Gasteiger partial charge in [-0.15, -0.1) is 0 Å². The lowest BCUT2D eigenvalue weighted by Crippen LogP contribution is -2.50. The molecule has 1 fully saturated rings. The van der Waals surface area contributed by atoms with Gasteiger partial charge in [0.1, 0.15) is 5.75 Å². The SMILES string of the molecule is O=C(Nc1ccc2sc(N3CC(O)C3)nc2c1)c1ccc2c(c1)CCO2. The van der Waals surface area contributed by atoms with Crippen molar-refractivity contribution in [2.75, 3.05) is 29.9 Å². The van der Waals surface area contributed by atoms with Gasteiger partial charge in [-0.1, -0.05) is 11.3 Å². The molecule has 132 valence electrons. The fourth-order valence-electron chi connectivity index (χ4n) is 3.27. The van der Waals surface area contributed by atoms with Gasteiger partial charge in [0.15, 0.2) is 5.13 Å². The molecule has 5 rings (SSSR count). The standard InChI is InChI=1S/C19H17N3O3S/c23-14-9-22(10-14)19-21-15-8-13(2-4-17(15)26-19)20-18(24)12-1-3-16-11(7-12)5-6-25-16/h1-4,7-8,14,23H,5-6,9-10H2,(H,20,24). The summed E-state index contributed by atoms with van der Waals surface area (Å²) in [5.41, 5.74) is 3.28. The summed E-state index contributed by atoms with van der Waals surface area (Å²) in [4.78, 5) is 19.2. The number of hydrogen-bond acceptors (Lipinski definition) is 6. The van der Waals surface area contributed by atoms with Crippen LogP contribution in [0.1, 0.15) is 15.9 Å². The molecule has 0 aliphatic carbocycles. The van der Waals surface area contributed by atoms with Crippen molar-refractivity contribution in [1.29, 1.82) is 0 Å². The molecule has 1 saturated heterocycles. The Bertz CT molecular complexity index is 1010. The number of thiazole rings is 1. The first-order chi connectivity index (χ1) is 12.7. The monoisotopic (exact) mass is 367 g/mol. The molecule has 3 heterocycles. The smallest absolute Gasteiger partial charge is 0.255 e. The number of aliphatic hydroxyl groups excluding tert-OH is 1. The summed E-state index contributed by atoms with van der Waals surface area (Å²) >= 11 is 1.60. The maximum atomic E-state index is 12.5. The van der Waals surface area contributed by atoms with Gasteiger partial charge in [-0.3, -0.25) is 4.79 Å². The Balaban J connectivity index is 1.36. The number of nitrogens with one attached hydrogen (secondary N) is 1. The first-order valence-corrected chi connectivity index (χ1v) is 9.38.